The summed E-state index contributed by atoms with van der Waals surface area (Å²) in [5.41, 5.74) is 2.70. The van der Waals surface area contributed by atoms with Gasteiger partial charge in [-0.25, -0.2) is 4.98 Å². The Morgan fingerprint density at radius 3 is 3.14 bits per heavy atom. The van der Waals surface area contributed by atoms with Crippen molar-refractivity contribution in [3.8, 4) is 10.7 Å². The van der Waals surface area contributed by atoms with Crippen LogP contribution in [0.4, 0.5) is 0 Å². The number of hydrogen-bond acceptors (Lipinski definition) is 5. The second kappa shape index (κ2) is 5.48. The van der Waals surface area contributed by atoms with Crippen LogP contribution in [-0.2, 0) is 6.54 Å². The monoisotopic (exact) mass is 300 g/mol. The maximum absolute atomic E-state index is 4.76. The molecule has 4 nitrogen and oxygen atoms in total. The Labute approximate surface area is 129 Å². The van der Waals surface area contributed by atoms with Gasteiger partial charge in [0.25, 0.3) is 0 Å². The largest absolute Gasteiger partial charge is 0.316 e. The van der Waals surface area contributed by atoms with E-state index in [1.54, 1.807) is 11.3 Å². The van der Waals surface area contributed by atoms with Gasteiger partial charge >= 0.3 is 0 Å². The van der Waals surface area contributed by atoms with Crippen LogP contribution >= 0.6 is 11.3 Å². The van der Waals surface area contributed by atoms with Crippen LogP contribution in [0.2, 0.25) is 0 Å². The summed E-state index contributed by atoms with van der Waals surface area (Å²) in [4.78, 5) is 11.7. The molecule has 2 fully saturated rings. The molecule has 0 radical (unpaired) electrons. The maximum Gasteiger partial charge on any atom is 0.142 e. The lowest BCUT2D eigenvalue weighted by Gasteiger charge is -2.22. The summed E-state index contributed by atoms with van der Waals surface area (Å²) in [6.45, 7) is 5.79. The number of pyridine rings is 1. The zero-order chi connectivity index (χ0) is 14.1. The highest BCUT2D eigenvalue weighted by Gasteiger charge is 2.40. The quantitative estimate of drug-likeness (QED) is 0.945. The Morgan fingerprint density at radius 2 is 2.33 bits per heavy atom. The van der Waals surface area contributed by atoms with E-state index in [4.69, 9.17) is 4.98 Å². The van der Waals surface area contributed by atoms with Crippen molar-refractivity contribution in [2.45, 2.75) is 19.4 Å². The first-order chi connectivity index (χ1) is 10.3. The minimum absolute atomic E-state index is 0.542. The van der Waals surface area contributed by atoms with Crippen LogP contribution in [0, 0.1) is 5.41 Å². The van der Waals surface area contributed by atoms with Crippen LogP contribution < -0.4 is 5.32 Å². The third-order valence-electron chi connectivity index (χ3n) is 4.67. The molecule has 0 aliphatic carbocycles. The van der Waals surface area contributed by atoms with Gasteiger partial charge in [0.2, 0.25) is 0 Å². The van der Waals surface area contributed by atoms with Gasteiger partial charge in [-0.05, 0) is 43.5 Å². The Hall–Kier alpha value is -1.30. The maximum atomic E-state index is 4.76. The van der Waals surface area contributed by atoms with Crippen molar-refractivity contribution in [1.29, 1.82) is 0 Å². The molecule has 2 saturated heterocycles. The summed E-state index contributed by atoms with van der Waals surface area (Å²) in [6, 6.07) is 5.98. The van der Waals surface area contributed by atoms with E-state index in [1.165, 1.54) is 44.7 Å². The van der Waals surface area contributed by atoms with Gasteiger partial charge < -0.3 is 5.32 Å². The van der Waals surface area contributed by atoms with Gasteiger partial charge in [-0.2, -0.15) is 0 Å². The molecular formula is C16H20N4S. The van der Waals surface area contributed by atoms with E-state index in [0.717, 1.165) is 17.2 Å². The Balaban J connectivity index is 1.43. The molecule has 1 unspecified atom stereocenters. The summed E-state index contributed by atoms with van der Waals surface area (Å²) < 4.78 is 0. The molecule has 110 valence electrons. The molecule has 4 rings (SSSR count). The normalized spacial score (nSPS) is 25.9. The van der Waals surface area contributed by atoms with Crippen LogP contribution in [0.3, 0.4) is 0 Å². The minimum atomic E-state index is 0.542. The smallest absolute Gasteiger partial charge is 0.142 e. The van der Waals surface area contributed by atoms with Gasteiger partial charge in [0.1, 0.15) is 5.01 Å². The highest BCUT2D eigenvalue weighted by Crippen LogP contribution is 2.36. The van der Waals surface area contributed by atoms with E-state index in [2.05, 4.69) is 20.6 Å². The van der Waals surface area contributed by atoms with Crippen LogP contribution in [-0.4, -0.2) is 41.0 Å². The molecule has 0 bridgehead atoms. The Kier molecular flexibility index (Phi) is 3.49. The molecule has 4 heterocycles. The molecule has 1 atom stereocenters. The van der Waals surface area contributed by atoms with Crippen molar-refractivity contribution in [2.24, 2.45) is 5.41 Å². The molecular weight excluding hydrogens is 280 g/mol. The molecule has 2 aliphatic heterocycles. The second-order valence-corrected chi connectivity index (χ2v) is 7.10. The van der Waals surface area contributed by atoms with Crippen molar-refractivity contribution in [3.05, 3.63) is 35.5 Å². The van der Waals surface area contributed by atoms with E-state index in [0.29, 0.717) is 5.41 Å². The number of hydrogen-bond donors (Lipinski definition) is 1. The lowest BCUT2D eigenvalue weighted by atomic mass is 9.87. The first kappa shape index (κ1) is 13.4. The molecule has 0 amide bonds. The SMILES string of the molecule is c1ccc(-c2nc(CN3CCC4(CCNC4)C3)cs2)nc1. The number of nitrogens with zero attached hydrogens (tertiary/aromatic N) is 3. The first-order valence-electron chi connectivity index (χ1n) is 7.62. The molecule has 1 spiro atoms. The van der Waals surface area contributed by atoms with Gasteiger partial charge in [0.15, 0.2) is 0 Å². The topological polar surface area (TPSA) is 41.1 Å². The first-order valence-corrected chi connectivity index (χ1v) is 8.50. The molecule has 2 aromatic rings. The van der Waals surface area contributed by atoms with Crippen LogP contribution in [0.25, 0.3) is 10.7 Å². The molecule has 2 aromatic heterocycles. The molecule has 21 heavy (non-hydrogen) atoms. The fraction of sp³-hybridized carbons (Fsp3) is 0.500. The summed E-state index contributed by atoms with van der Waals surface area (Å²) in [7, 11) is 0. The van der Waals surface area contributed by atoms with Crippen LogP contribution in [0.5, 0.6) is 0 Å². The average Bonchev–Trinajstić information content (AvgIpc) is 3.24. The van der Waals surface area contributed by atoms with Gasteiger partial charge in [-0.15, -0.1) is 11.3 Å². The van der Waals surface area contributed by atoms with Crippen LogP contribution in [0.15, 0.2) is 29.8 Å². The third-order valence-corrected chi connectivity index (χ3v) is 5.58. The summed E-state index contributed by atoms with van der Waals surface area (Å²) in [6.07, 6.45) is 4.49. The lowest BCUT2D eigenvalue weighted by Crippen LogP contribution is -2.29. The van der Waals surface area contributed by atoms with E-state index >= 15 is 0 Å². The Morgan fingerprint density at radius 1 is 1.33 bits per heavy atom. The molecule has 1 N–H and O–H groups in total. The standard InChI is InChI=1S/C16H20N4S/c1-2-6-18-14(3-1)15-19-13(10-21-15)9-20-8-5-16(12-20)4-7-17-11-16/h1-3,6,10,17H,4-5,7-9,11-12H2. The van der Waals surface area contributed by atoms with E-state index in [9.17, 15) is 0 Å². The fourth-order valence-corrected chi connectivity index (χ4v) is 4.31. The van der Waals surface area contributed by atoms with Crippen molar-refractivity contribution in [2.75, 3.05) is 26.2 Å². The highest BCUT2D eigenvalue weighted by molar-refractivity contribution is 7.13. The summed E-state index contributed by atoms with van der Waals surface area (Å²) in [5, 5.41) is 6.73. The van der Waals surface area contributed by atoms with Gasteiger partial charge in [-0.1, -0.05) is 6.07 Å². The van der Waals surface area contributed by atoms with Crippen molar-refractivity contribution < 1.29 is 0 Å². The minimum Gasteiger partial charge on any atom is -0.316 e. The van der Waals surface area contributed by atoms with Gasteiger partial charge in [0.05, 0.1) is 11.4 Å². The number of nitrogens with one attached hydrogen (secondary N) is 1. The summed E-state index contributed by atoms with van der Waals surface area (Å²) in [5.74, 6) is 0. The third kappa shape index (κ3) is 2.73. The average molecular weight is 300 g/mol. The van der Waals surface area contributed by atoms with E-state index < -0.39 is 0 Å². The lowest BCUT2D eigenvalue weighted by molar-refractivity contribution is 0.267. The summed E-state index contributed by atoms with van der Waals surface area (Å²) >= 11 is 1.70. The molecule has 2 aliphatic rings. The number of rotatable bonds is 3. The fourth-order valence-electron chi connectivity index (χ4n) is 3.52. The van der Waals surface area contributed by atoms with Gasteiger partial charge in [0, 0.05) is 31.2 Å². The molecule has 0 aromatic carbocycles. The van der Waals surface area contributed by atoms with Crippen molar-refractivity contribution >= 4 is 11.3 Å². The predicted octanol–water partition coefficient (Wildman–Crippen LogP) is 2.39. The number of thiazole rings is 1. The molecule has 5 heteroatoms. The van der Waals surface area contributed by atoms with Crippen LogP contribution in [0.1, 0.15) is 18.5 Å². The van der Waals surface area contributed by atoms with Crippen molar-refractivity contribution in [1.82, 2.24) is 20.2 Å². The second-order valence-electron chi connectivity index (χ2n) is 6.25. The zero-order valence-electron chi connectivity index (χ0n) is 12.1. The highest BCUT2D eigenvalue weighted by atomic mass is 32.1. The van der Waals surface area contributed by atoms with E-state index in [1.807, 2.05) is 24.4 Å². The van der Waals surface area contributed by atoms with Crippen molar-refractivity contribution in [3.63, 3.8) is 0 Å². The van der Waals surface area contributed by atoms with Gasteiger partial charge in [-0.3, -0.25) is 9.88 Å². The molecule has 0 saturated carbocycles. The predicted molar refractivity (Wildman–Crippen MR) is 85.2 cm³/mol. The zero-order valence-corrected chi connectivity index (χ0v) is 12.9. The number of likely N-dealkylation sites (tertiary alicyclic amines) is 1. The number of aromatic nitrogens is 2. The van der Waals surface area contributed by atoms with E-state index in [-0.39, 0.29) is 0 Å². The Bertz CT molecular complexity index is 604.